The number of aliphatic carboxylic acids is 1. The van der Waals surface area contributed by atoms with Crippen LogP contribution in [0.25, 0.3) is 0 Å². The molecule has 0 aromatic carbocycles. The van der Waals surface area contributed by atoms with Crippen LogP contribution >= 0.6 is 0 Å². The van der Waals surface area contributed by atoms with E-state index >= 15 is 0 Å². The van der Waals surface area contributed by atoms with Gasteiger partial charge in [0.25, 0.3) is 0 Å². The molecule has 0 saturated heterocycles. The third-order valence-electron chi connectivity index (χ3n) is 3.34. The number of nitrogens with zero attached hydrogens (tertiary/aromatic N) is 1. The first-order valence-electron chi connectivity index (χ1n) is 5.75. The Bertz CT molecular complexity index is 381. The largest absolute Gasteiger partial charge is 1.00 e. The summed E-state index contributed by atoms with van der Waals surface area (Å²) >= 11 is 0. The van der Waals surface area contributed by atoms with Crippen molar-refractivity contribution in [3.05, 3.63) is 30.1 Å². The van der Waals surface area contributed by atoms with E-state index in [-0.39, 0.29) is 35.5 Å². The van der Waals surface area contributed by atoms with E-state index in [0.29, 0.717) is 12.0 Å². The van der Waals surface area contributed by atoms with Gasteiger partial charge in [-0.25, -0.2) is 0 Å². The molecule has 1 aromatic heterocycles. The van der Waals surface area contributed by atoms with Crippen LogP contribution in [0.1, 0.15) is 32.8 Å². The monoisotopic (exact) mass is 259 g/mol. The van der Waals surface area contributed by atoms with E-state index in [1.54, 1.807) is 19.1 Å². The molecule has 0 fully saturated rings. The van der Waals surface area contributed by atoms with Crippen molar-refractivity contribution in [2.24, 2.45) is 11.8 Å². The first kappa shape index (κ1) is 17.6. The molecule has 4 nitrogen and oxygen atoms in total. The molecule has 1 aromatic rings. The van der Waals surface area contributed by atoms with Crippen LogP contribution in [-0.4, -0.2) is 16.1 Å². The van der Waals surface area contributed by atoms with Crippen LogP contribution in [0, 0.1) is 11.8 Å². The van der Waals surface area contributed by atoms with Crippen molar-refractivity contribution >= 4 is 5.97 Å². The zero-order valence-corrected chi connectivity index (χ0v) is 13.4. The minimum absolute atomic E-state index is 0. The molecule has 5 heteroatoms. The fraction of sp³-hybridized carbons (Fsp3) is 0.538. The molecule has 0 spiro atoms. The SMILES string of the molecule is CCC(C)C(C(=O)[O-])C(C)(O)c1ccncc1.[Na+]. The van der Waals surface area contributed by atoms with Gasteiger partial charge in [0.15, 0.2) is 0 Å². The topological polar surface area (TPSA) is 73.2 Å². The number of carboxylic acids is 1. The number of carbonyl (C=O) groups excluding carboxylic acids is 1. The molecule has 18 heavy (non-hydrogen) atoms. The van der Waals surface area contributed by atoms with Crippen LogP contribution in [0.2, 0.25) is 0 Å². The van der Waals surface area contributed by atoms with Gasteiger partial charge >= 0.3 is 29.6 Å². The fourth-order valence-electron chi connectivity index (χ4n) is 2.12. The number of aliphatic hydroxyl groups is 1. The van der Waals surface area contributed by atoms with E-state index in [9.17, 15) is 15.0 Å². The third-order valence-corrected chi connectivity index (χ3v) is 3.34. The van der Waals surface area contributed by atoms with E-state index in [0.717, 1.165) is 0 Å². The molecule has 0 amide bonds. The van der Waals surface area contributed by atoms with Gasteiger partial charge in [0.1, 0.15) is 0 Å². The molecule has 0 radical (unpaired) electrons. The molecule has 0 saturated carbocycles. The minimum Gasteiger partial charge on any atom is -0.550 e. The second kappa shape index (κ2) is 7.24. The smallest absolute Gasteiger partial charge is 0.550 e. The number of pyridine rings is 1. The van der Waals surface area contributed by atoms with Crippen molar-refractivity contribution in [2.75, 3.05) is 0 Å². The van der Waals surface area contributed by atoms with E-state index in [4.69, 9.17) is 0 Å². The maximum absolute atomic E-state index is 11.2. The Labute approximate surface area is 130 Å². The van der Waals surface area contributed by atoms with Gasteiger partial charge in [-0.05, 0) is 30.5 Å². The van der Waals surface area contributed by atoms with Crippen molar-refractivity contribution < 1.29 is 44.6 Å². The number of hydrogen-bond acceptors (Lipinski definition) is 4. The Morgan fingerprint density at radius 2 is 2.00 bits per heavy atom. The Balaban J connectivity index is 0.00000289. The van der Waals surface area contributed by atoms with Crippen LogP contribution in [0.3, 0.4) is 0 Å². The third kappa shape index (κ3) is 3.79. The number of carbonyl (C=O) groups is 1. The van der Waals surface area contributed by atoms with E-state index < -0.39 is 17.5 Å². The Kier molecular flexibility index (Phi) is 7.07. The molecule has 1 heterocycles. The quantitative estimate of drug-likeness (QED) is 0.604. The number of rotatable bonds is 5. The molecular formula is C13H18NNaO3. The predicted molar refractivity (Wildman–Crippen MR) is 61.8 cm³/mol. The number of aromatic nitrogens is 1. The van der Waals surface area contributed by atoms with Gasteiger partial charge < -0.3 is 15.0 Å². The zero-order valence-electron chi connectivity index (χ0n) is 11.4. The summed E-state index contributed by atoms with van der Waals surface area (Å²) in [6, 6.07) is 3.25. The van der Waals surface area contributed by atoms with Gasteiger partial charge in [-0.2, -0.15) is 0 Å². The molecule has 3 atom stereocenters. The molecule has 0 aliphatic heterocycles. The van der Waals surface area contributed by atoms with Gasteiger partial charge in [-0.3, -0.25) is 4.98 Å². The molecule has 0 aliphatic rings. The maximum atomic E-state index is 11.2. The minimum atomic E-state index is -1.45. The van der Waals surface area contributed by atoms with Gasteiger partial charge in [-0.1, -0.05) is 20.3 Å². The summed E-state index contributed by atoms with van der Waals surface area (Å²) in [4.78, 5) is 15.1. The summed E-state index contributed by atoms with van der Waals surface area (Å²) in [5, 5.41) is 21.7. The van der Waals surface area contributed by atoms with Crippen LogP contribution in [0.15, 0.2) is 24.5 Å². The average Bonchev–Trinajstić information content (AvgIpc) is 2.29. The second-order valence-corrected chi connectivity index (χ2v) is 4.57. The second-order valence-electron chi connectivity index (χ2n) is 4.57. The summed E-state index contributed by atoms with van der Waals surface area (Å²) < 4.78 is 0. The van der Waals surface area contributed by atoms with Gasteiger partial charge in [0.05, 0.1) is 5.60 Å². The first-order chi connectivity index (χ1) is 7.91. The van der Waals surface area contributed by atoms with Gasteiger partial charge in [0.2, 0.25) is 0 Å². The van der Waals surface area contributed by atoms with E-state index in [1.165, 1.54) is 19.3 Å². The van der Waals surface area contributed by atoms with Gasteiger partial charge in [0, 0.05) is 24.3 Å². The number of hydrogen-bond donors (Lipinski definition) is 1. The van der Waals surface area contributed by atoms with Crippen LogP contribution in [-0.2, 0) is 10.4 Å². The number of carboxylic acid groups (broad SMARTS) is 1. The van der Waals surface area contributed by atoms with Crippen molar-refractivity contribution in [1.29, 1.82) is 0 Å². The van der Waals surface area contributed by atoms with Crippen LogP contribution in [0.4, 0.5) is 0 Å². The van der Waals surface area contributed by atoms with Crippen molar-refractivity contribution in [1.82, 2.24) is 4.98 Å². The Morgan fingerprint density at radius 1 is 1.50 bits per heavy atom. The van der Waals surface area contributed by atoms with Crippen LogP contribution < -0.4 is 34.7 Å². The molecule has 0 aliphatic carbocycles. The standard InChI is InChI=1S/C13H19NO3.Na/c1-4-9(2)11(12(15)16)13(3,17)10-5-7-14-8-6-10;/h5-9,11,17H,4H2,1-3H3,(H,15,16);/q;+1/p-1. The molecule has 3 unspecified atom stereocenters. The molecule has 1 N–H and O–H groups in total. The summed E-state index contributed by atoms with van der Waals surface area (Å²) in [7, 11) is 0. The Hall–Kier alpha value is -0.420. The first-order valence-corrected chi connectivity index (χ1v) is 5.75. The summed E-state index contributed by atoms with van der Waals surface area (Å²) in [6.07, 6.45) is 3.74. The van der Waals surface area contributed by atoms with Gasteiger partial charge in [-0.15, -0.1) is 0 Å². The molecule has 94 valence electrons. The van der Waals surface area contributed by atoms with E-state index in [1.807, 2.05) is 6.92 Å². The van der Waals surface area contributed by atoms with Crippen molar-refractivity contribution in [3.8, 4) is 0 Å². The maximum Gasteiger partial charge on any atom is 1.00 e. The molecular weight excluding hydrogens is 241 g/mol. The predicted octanol–water partition coefficient (Wildman–Crippen LogP) is -2.29. The molecule has 1 rings (SSSR count). The van der Waals surface area contributed by atoms with Crippen molar-refractivity contribution in [3.63, 3.8) is 0 Å². The zero-order chi connectivity index (χ0) is 13.1. The normalized spacial score (nSPS) is 17.1. The molecule has 0 bridgehead atoms. The Morgan fingerprint density at radius 3 is 2.39 bits per heavy atom. The van der Waals surface area contributed by atoms with Crippen LogP contribution in [0.5, 0.6) is 0 Å². The van der Waals surface area contributed by atoms with E-state index in [2.05, 4.69) is 4.98 Å². The fourth-order valence-corrected chi connectivity index (χ4v) is 2.12. The average molecular weight is 259 g/mol. The summed E-state index contributed by atoms with van der Waals surface area (Å²) in [5.74, 6) is -2.32. The van der Waals surface area contributed by atoms with Crippen molar-refractivity contribution in [2.45, 2.75) is 32.8 Å². The summed E-state index contributed by atoms with van der Waals surface area (Å²) in [6.45, 7) is 5.20. The summed E-state index contributed by atoms with van der Waals surface area (Å²) in [5.41, 5.74) is -0.904.